The van der Waals surface area contributed by atoms with E-state index < -0.39 is 8.80 Å². The Morgan fingerprint density at radius 1 is 0.600 bits per heavy atom. The minimum absolute atomic E-state index is 0.677. The molecule has 182 valence electrons. The van der Waals surface area contributed by atoms with E-state index in [0.717, 1.165) is 46.8 Å². The van der Waals surface area contributed by atoms with Gasteiger partial charge in [-0.15, -0.1) is 19.7 Å². The van der Waals surface area contributed by atoms with Gasteiger partial charge in [-0.3, -0.25) is 0 Å². The summed E-state index contributed by atoms with van der Waals surface area (Å²) >= 11 is 0. The standard InChI is InChI=1S/C31H36O3Si/c1-5-9-25-35(32-29-22-13-10-19-26(29)16-6-2,33-30-23-14-11-20-27(30)17-7-3)34-31-24-15-12-21-28(31)18-8-4/h6-8,10-15,19-24H,2-5,9,16-18,25H2,1H3. The van der Waals surface area contributed by atoms with Crippen LogP contribution in [0.25, 0.3) is 0 Å². The molecule has 4 heteroatoms. The number of unbranched alkanes of at least 4 members (excludes halogenated alkanes) is 1. The summed E-state index contributed by atoms with van der Waals surface area (Å²) in [6, 6.07) is 24.8. The van der Waals surface area contributed by atoms with Crippen molar-refractivity contribution >= 4 is 8.80 Å². The van der Waals surface area contributed by atoms with Gasteiger partial charge in [-0.05, 0) is 60.6 Å². The Hall–Kier alpha value is -3.50. The first-order valence-electron chi connectivity index (χ1n) is 12.3. The maximum absolute atomic E-state index is 6.86. The molecule has 0 saturated heterocycles. The Labute approximate surface area is 211 Å². The van der Waals surface area contributed by atoms with Crippen LogP contribution in [0.4, 0.5) is 0 Å². The Morgan fingerprint density at radius 2 is 0.943 bits per heavy atom. The average Bonchev–Trinajstić information content (AvgIpc) is 2.87. The fourth-order valence-corrected chi connectivity index (χ4v) is 6.71. The van der Waals surface area contributed by atoms with Gasteiger partial charge >= 0.3 is 8.80 Å². The molecule has 0 N–H and O–H groups in total. The Kier molecular flexibility index (Phi) is 10.00. The maximum Gasteiger partial charge on any atom is 0.699 e. The monoisotopic (exact) mass is 484 g/mol. The third kappa shape index (κ3) is 7.24. The second-order valence-electron chi connectivity index (χ2n) is 8.39. The van der Waals surface area contributed by atoms with Crippen LogP contribution in [0.3, 0.4) is 0 Å². The van der Waals surface area contributed by atoms with E-state index in [2.05, 4.69) is 44.9 Å². The third-order valence-corrected chi connectivity index (χ3v) is 8.20. The summed E-state index contributed by atoms with van der Waals surface area (Å²) in [5.74, 6) is 2.33. The highest BCUT2D eigenvalue weighted by atomic mass is 28.4. The lowest BCUT2D eigenvalue weighted by Crippen LogP contribution is -2.55. The van der Waals surface area contributed by atoms with Crippen molar-refractivity contribution in [2.45, 2.75) is 45.1 Å². The number of benzene rings is 3. The van der Waals surface area contributed by atoms with Crippen molar-refractivity contribution < 1.29 is 13.3 Å². The van der Waals surface area contributed by atoms with Crippen molar-refractivity contribution in [1.29, 1.82) is 0 Å². The molecule has 3 aromatic carbocycles. The van der Waals surface area contributed by atoms with Crippen LogP contribution in [0.5, 0.6) is 17.2 Å². The summed E-state index contributed by atoms with van der Waals surface area (Å²) in [5.41, 5.74) is 3.17. The number of hydrogen-bond acceptors (Lipinski definition) is 3. The van der Waals surface area contributed by atoms with Crippen molar-refractivity contribution in [2.75, 3.05) is 0 Å². The van der Waals surface area contributed by atoms with E-state index in [4.69, 9.17) is 13.3 Å². The predicted molar refractivity (Wildman–Crippen MR) is 148 cm³/mol. The van der Waals surface area contributed by atoms with Crippen molar-refractivity contribution in [3.63, 3.8) is 0 Å². The van der Waals surface area contributed by atoms with Gasteiger partial charge in [0.1, 0.15) is 17.2 Å². The fourth-order valence-electron chi connectivity index (χ4n) is 3.89. The first-order chi connectivity index (χ1) is 17.1. The number of allylic oxidation sites excluding steroid dienone is 3. The van der Waals surface area contributed by atoms with Gasteiger partial charge in [0.05, 0.1) is 6.04 Å². The van der Waals surface area contributed by atoms with Gasteiger partial charge in [0.2, 0.25) is 0 Å². The van der Waals surface area contributed by atoms with Crippen molar-refractivity contribution in [1.82, 2.24) is 0 Å². The van der Waals surface area contributed by atoms with Gasteiger partial charge < -0.3 is 13.3 Å². The second-order valence-corrected chi connectivity index (χ2v) is 10.9. The van der Waals surface area contributed by atoms with Crippen molar-refractivity contribution in [3.05, 3.63) is 127 Å². The lowest BCUT2D eigenvalue weighted by atomic mass is 10.1. The maximum atomic E-state index is 6.86. The quantitative estimate of drug-likeness (QED) is 0.161. The average molecular weight is 485 g/mol. The third-order valence-electron chi connectivity index (χ3n) is 5.64. The minimum Gasteiger partial charge on any atom is -0.483 e. The van der Waals surface area contributed by atoms with E-state index in [1.165, 1.54) is 0 Å². The van der Waals surface area contributed by atoms with E-state index in [1.807, 2.05) is 72.8 Å². The summed E-state index contributed by atoms with van der Waals surface area (Å²) in [7, 11) is -3.32. The van der Waals surface area contributed by atoms with Crippen LogP contribution in [-0.4, -0.2) is 8.80 Å². The van der Waals surface area contributed by atoms with Gasteiger partial charge in [-0.2, -0.15) is 0 Å². The largest absolute Gasteiger partial charge is 0.699 e. The van der Waals surface area contributed by atoms with Crippen LogP contribution in [-0.2, 0) is 19.3 Å². The van der Waals surface area contributed by atoms with Crippen molar-refractivity contribution in [2.24, 2.45) is 0 Å². The van der Waals surface area contributed by atoms with E-state index >= 15 is 0 Å². The summed E-state index contributed by atoms with van der Waals surface area (Å²) < 4.78 is 20.6. The highest BCUT2D eigenvalue weighted by Gasteiger charge is 2.49. The number of rotatable bonds is 15. The molecule has 0 atom stereocenters. The molecule has 0 amide bonds. The van der Waals surface area contributed by atoms with Crippen LogP contribution in [0.2, 0.25) is 6.04 Å². The zero-order valence-electron chi connectivity index (χ0n) is 20.7. The first-order valence-corrected chi connectivity index (χ1v) is 14.2. The van der Waals surface area contributed by atoms with Gasteiger partial charge in [0, 0.05) is 0 Å². The van der Waals surface area contributed by atoms with Gasteiger partial charge in [-0.1, -0.05) is 86.2 Å². The minimum atomic E-state index is -3.32. The Balaban J connectivity index is 2.13. The lowest BCUT2D eigenvalue weighted by Gasteiger charge is -2.32. The highest BCUT2D eigenvalue weighted by molar-refractivity contribution is 6.63. The molecule has 0 aliphatic heterocycles. The smallest absolute Gasteiger partial charge is 0.483 e. The molecule has 3 rings (SSSR count). The molecular weight excluding hydrogens is 448 g/mol. The van der Waals surface area contributed by atoms with Crippen LogP contribution >= 0.6 is 0 Å². The van der Waals surface area contributed by atoms with Crippen LogP contribution < -0.4 is 13.3 Å². The summed E-state index contributed by atoms with van der Waals surface area (Å²) in [4.78, 5) is 0. The predicted octanol–water partition coefficient (Wildman–Crippen LogP) is 8.15. The molecule has 0 bridgehead atoms. The Morgan fingerprint density at radius 3 is 1.26 bits per heavy atom. The van der Waals surface area contributed by atoms with Gasteiger partial charge in [0.15, 0.2) is 0 Å². The van der Waals surface area contributed by atoms with E-state index in [0.29, 0.717) is 25.3 Å². The topological polar surface area (TPSA) is 27.7 Å². The molecule has 35 heavy (non-hydrogen) atoms. The van der Waals surface area contributed by atoms with Crippen LogP contribution in [0.15, 0.2) is 111 Å². The first kappa shape index (κ1) is 26.1. The molecule has 0 saturated carbocycles. The highest BCUT2D eigenvalue weighted by Crippen LogP contribution is 2.33. The van der Waals surface area contributed by atoms with Crippen molar-refractivity contribution in [3.8, 4) is 17.2 Å². The Bertz CT molecular complexity index is 987. The number of para-hydroxylation sites is 3. The molecule has 0 unspecified atom stereocenters. The molecule has 0 aromatic heterocycles. The summed E-state index contributed by atoms with van der Waals surface area (Å²) in [5, 5.41) is 0. The molecule has 0 spiro atoms. The molecule has 0 aliphatic carbocycles. The number of hydrogen-bond donors (Lipinski definition) is 0. The molecular formula is C31H36O3Si. The lowest BCUT2D eigenvalue weighted by molar-refractivity contribution is 0.256. The molecule has 0 fully saturated rings. The SMILES string of the molecule is C=CCc1ccccc1O[Si](CCCC)(Oc1ccccc1CC=C)Oc1ccccc1CC=C. The molecule has 3 aromatic rings. The van der Waals surface area contributed by atoms with E-state index in [-0.39, 0.29) is 0 Å². The summed E-state index contributed by atoms with van der Waals surface area (Å²) in [6.45, 7) is 13.9. The molecule has 0 aliphatic rings. The van der Waals surface area contributed by atoms with Crippen LogP contribution in [0.1, 0.15) is 36.5 Å². The van der Waals surface area contributed by atoms with E-state index in [9.17, 15) is 0 Å². The fraction of sp³-hybridized carbons (Fsp3) is 0.226. The molecule has 0 heterocycles. The van der Waals surface area contributed by atoms with E-state index in [1.54, 1.807) is 0 Å². The van der Waals surface area contributed by atoms with Gasteiger partial charge in [-0.25, -0.2) is 0 Å². The summed E-state index contributed by atoms with van der Waals surface area (Å²) in [6.07, 6.45) is 9.69. The molecule has 3 nitrogen and oxygen atoms in total. The van der Waals surface area contributed by atoms with Gasteiger partial charge in [0.25, 0.3) is 0 Å². The zero-order chi connectivity index (χ0) is 24.9. The zero-order valence-corrected chi connectivity index (χ0v) is 21.7. The normalized spacial score (nSPS) is 10.9. The second kappa shape index (κ2) is 13.4. The van der Waals surface area contributed by atoms with Crippen LogP contribution in [0, 0.1) is 0 Å². The molecule has 0 radical (unpaired) electrons.